The van der Waals surface area contributed by atoms with Crippen LogP contribution in [-0.4, -0.2) is 53.8 Å². The number of para-hydroxylation sites is 1. The quantitative estimate of drug-likeness (QED) is 0.102. The molecule has 3 aromatic carbocycles. The van der Waals surface area contributed by atoms with Gasteiger partial charge in [-0.25, -0.2) is 0 Å². The Labute approximate surface area is 284 Å². The Morgan fingerprint density at radius 3 is 2.35 bits per heavy atom. The molecule has 0 saturated carbocycles. The molecule has 3 aromatic rings. The standard InChI is InChI=1S/C39H46N2O6S/c1-28(42)13-7-6-10-24-40-35-23-22-31(48(44,45)46)27-33(35)39(4,5)37(40)17-11-16-36-38(2,3)32-14-8-9-15-34(32)41(36)25-12-26-47-30-20-18-29(43)19-21-30/h8-9,11,14-23,27H,6-7,10,12-13,24-26H2,1-5H3,(H-,43,44,45,46)/p+1. The van der Waals surface area contributed by atoms with E-state index in [1.54, 1.807) is 43.3 Å². The van der Waals surface area contributed by atoms with E-state index in [4.69, 9.17) is 4.74 Å². The van der Waals surface area contributed by atoms with Crippen molar-refractivity contribution >= 4 is 33.0 Å². The number of aromatic hydroxyl groups is 1. The number of allylic oxidation sites excluding steroid dienone is 4. The number of nitrogens with zero attached hydrogens (tertiary/aromatic N) is 2. The number of ketones is 1. The van der Waals surface area contributed by atoms with Gasteiger partial charge in [0, 0.05) is 53.9 Å². The molecule has 9 heteroatoms. The summed E-state index contributed by atoms with van der Waals surface area (Å²) in [6.45, 7) is 12.3. The molecule has 48 heavy (non-hydrogen) atoms. The molecule has 0 fully saturated rings. The average molecular weight is 672 g/mol. The van der Waals surface area contributed by atoms with Crippen molar-refractivity contribution in [3.63, 3.8) is 0 Å². The number of ether oxygens (including phenoxy) is 1. The van der Waals surface area contributed by atoms with E-state index >= 15 is 0 Å². The second kappa shape index (κ2) is 14.1. The number of carbonyl (C=O) groups is 1. The van der Waals surface area contributed by atoms with Gasteiger partial charge in [0.2, 0.25) is 5.69 Å². The Hall–Kier alpha value is -4.21. The zero-order valence-corrected chi connectivity index (χ0v) is 29.4. The number of rotatable bonds is 14. The Balaban J connectivity index is 1.45. The molecule has 2 aliphatic heterocycles. The van der Waals surface area contributed by atoms with Crippen LogP contribution in [0.2, 0.25) is 0 Å². The van der Waals surface area contributed by atoms with Crippen molar-refractivity contribution < 1.29 is 32.2 Å². The number of hydrogen-bond donors (Lipinski definition) is 2. The van der Waals surface area contributed by atoms with Crippen molar-refractivity contribution in [3.05, 3.63) is 102 Å². The van der Waals surface area contributed by atoms with Crippen molar-refractivity contribution in [2.75, 3.05) is 24.6 Å². The first kappa shape index (κ1) is 35.1. The van der Waals surface area contributed by atoms with Crippen LogP contribution in [0.25, 0.3) is 0 Å². The molecule has 2 N–H and O–H groups in total. The third-order valence-corrected chi connectivity index (χ3v) is 10.4. The molecule has 0 radical (unpaired) electrons. The highest BCUT2D eigenvalue weighted by molar-refractivity contribution is 7.85. The summed E-state index contributed by atoms with van der Waals surface area (Å²) in [6, 6.07) is 20.1. The van der Waals surface area contributed by atoms with Crippen molar-refractivity contribution in [1.82, 2.24) is 0 Å². The summed E-state index contributed by atoms with van der Waals surface area (Å²) in [7, 11) is -4.35. The van der Waals surface area contributed by atoms with Crippen molar-refractivity contribution in [2.45, 2.75) is 82.4 Å². The maximum Gasteiger partial charge on any atom is 0.294 e. The predicted molar refractivity (Wildman–Crippen MR) is 190 cm³/mol. The number of carbonyl (C=O) groups excluding carboxylic acids is 1. The maximum atomic E-state index is 12.1. The second-order valence-electron chi connectivity index (χ2n) is 13.7. The molecular weight excluding hydrogens is 625 g/mol. The van der Waals surface area contributed by atoms with E-state index < -0.39 is 15.5 Å². The Morgan fingerprint density at radius 1 is 0.917 bits per heavy atom. The summed E-state index contributed by atoms with van der Waals surface area (Å²) in [5, 5.41) is 9.57. The van der Waals surface area contributed by atoms with Gasteiger partial charge in [-0.3, -0.25) is 4.55 Å². The number of anilines is 1. The van der Waals surface area contributed by atoms with Gasteiger partial charge >= 0.3 is 0 Å². The third kappa shape index (κ3) is 7.42. The molecule has 0 atom stereocenters. The minimum atomic E-state index is -4.35. The number of unbranched alkanes of at least 4 members (excludes halogenated alkanes) is 2. The van der Waals surface area contributed by atoms with Gasteiger partial charge in [-0.2, -0.15) is 13.0 Å². The van der Waals surface area contributed by atoms with Crippen LogP contribution in [0, 0.1) is 0 Å². The molecule has 2 aliphatic rings. The zero-order chi connectivity index (χ0) is 34.7. The lowest BCUT2D eigenvalue weighted by Gasteiger charge is -2.27. The van der Waals surface area contributed by atoms with Gasteiger partial charge < -0.3 is 19.5 Å². The van der Waals surface area contributed by atoms with Crippen molar-refractivity contribution in [1.29, 1.82) is 0 Å². The predicted octanol–water partition coefficient (Wildman–Crippen LogP) is 7.87. The summed E-state index contributed by atoms with van der Waals surface area (Å²) < 4.78 is 42.2. The number of Topliss-reactive ketones (excluding diaryl/α,β-unsaturated/α-hetero) is 1. The van der Waals surface area contributed by atoms with E-state index in [1.807, 2.05) is 0 Å². The largest absolute Gasteiger partial charge is 0.508 e. The SMILES string of the molecule is CC(=O)CCCCCN1/C(=C/C=C/C2=[N+](CCCOc3ccc(O)cc3)c3ccccc3C2(C)C)C(C)(C)c2cc(S(=O)(=O)O)ccc21. The molecule has 0 unspecified atom stereocenters. The van der Waals surface area contributed by atoms with E-state index in [-0.39, 0.29) is 21.8 Å². The lowest BCUT2D eigenvalue weighted by Crippen LogP contribution is -2.28. The van der Waals surface area contributed by atoms with Crippen LogP contribution >= 0.6 is 0 Å². The van der Waals surface area contributed by atoms with Crippen LogP contribution < -0.4 is 9.64 Å². The smallest absolute Gasteiger partial charge is 0.294 e. The average Bonchev–Trinajstić information content (AvgIpc) is 3.38. The highest BCUT2D eigenvalue weighted by Gasteiger charge is 2.44. The zero-order valence-electron chi connectivity index (χ0n) is 28.6. The van der Waals surface area contributed by atoms with Gasteiger partial charge in [0.15, 0.2) is 12.3 Å². The summed E-state index contributed by atoms with van der Waals surface area (Å²) in [6.07, 6.45) is 10.4. The molecular formula is C39H47N2O6S+. The van der Waals surface area contributed by atoms with E-state index in [0.717, 1.165) is 61.5 Å². The highest BCUT2D eigenvalue weighted by atomic mass is 32.2. The lowest BCUT2D eigenvalue weighted by atomic mass is 9.81. The molecule has 254 valence electrons. The van der Waals surface area contributed by atoms with E-state index in [0.29, 0.717) is 13.0 Å². The Kier molecular flexibility index (Phi) is 10.3. The first-order valence-electron chi connectivity index (χ1n) is 16.7. The lowest BCUT2D eigenvalue weighted by molar-refractivity contribution is -0.438. The van der Waals surface area contributed by atoms with Gasteiger partial charge in [0.1, 0.15) is 17.3 Å². The summed E-state index contributed by atoms with van der Waals surface area (Å²) in [5.41, 5.74) is 5.65. The highest BCUT2D eigenvalue weighted by Crippen LogP contribution is 2.49. The summed E-state index contributed by atoms with van der Waals surface area (Å²) in [5.74, 6) is 1.12. The first-order valence-corrected chi connectivity index (χ1v) is 18.1. The number of fused-ring (bicyclic) bond motifs is 2. The molecule has 0 aromatic heterocycles. The van der Waals surface area contributed by atoms with Gasteiger partial charge in [-0.15, -0.1) is 0 Å². The number of phenolic OH excluding ortho intramolecular Hbond substituents is 1. The van der Waals surface area contributed by atoms with E-state index in [2.05, 4.69) is 79.7 Å². The van der Waals surface area contributed by atoms with Crippen LogP contribution in [0.5, 0.6) is 11.5 Å². The fourth-order valence-electron chi connectivity index (χ4n) is 6.94. The minimum Gasteiger partial charge on any atom is -0.508 e. The summed E-state index contributed by atoms with van der Waals surface area (Å²) >= 11 is 0. The maximum absolute atomic E-state index is 12.1. The minimum absolute atomic E-state index is 0.112. The normalized spacial score (nSPS) is 17.3. The number of hydrogen-bond acceptors (Lipinski definition) is 6. The monoisotopic (exact) mass is 671 g/mol. The van der Waals surface area contributed by atoms with Gasteiger partial charge in [0.25, 0.3) is 10.1 Å². The van der Waals surface area contributed by atoms with Crippen LogP contribution in [0.3, 0.4) is 0 Å². The molecule has 2 heterocycles. The van der Waals surface area contributed by atoms with Crippen LogP contribution in [-0.2, 0) is 25.7 Å². The summed E-state index contributed by atoms with van der Waals surface area (Å²) in [4.78, 5) is 13.6. The molecule has 8 nitrogen and oxygen atoms in total. The van der Waals surface area contributed by atoms with Gasteiger partial charge in [-0.05, 0) is 87.7 Å². The molecule has 0 aliphatic carbocycles. The van der Waals surface area contributed by atoms with Crippen molar-refractivity contribution in [3.8, 4) is 11.5 Å². The Morgan fingerprint density at radius 2 is 1.65 bits per heavy atom. The fraction of sp³-hybridized carbons (Fsp3) is 0.385. The Bertz CT molecular complexity index is 1870. The van der Waals surface area contributed by atoms with Crippen molar-refractivity contribution in [2.24, 2.45) is 0 Å². The topological polar surface area (TPSA) is 107 Å². The third-order valence-electron chi connectivity index (χ3n) is 9.51. The van der Waals surface area contributed by atoms with Crippen LogP contribution in [0.15, 0.2) is 95.6 Å². The number of phenols is 1. The molecule has 0 spiro atoms. The van der Waals surface area contributed by atoms with Crippen LogP contribution in [0.4, 0.5) is 11.4 Å². The van der Waals surface area contributed by atoms with Crippen LogP contribution in [0.1, 0.15) is 77.8 Å². The fourth-order valence-corrected chi connectivity index (χ4v) is 7.45. The number of benzene rings is 3. The second-order valence-corrected chi connectivity index (χ2v) is 15.2. The molecule has 5 rings (SSSR count). The first-order chi connectivity index (χ1) is 22.7. The molecule has 0 bridgehead atoms. The molecule has 0 amide bonds. The van der Waals surface area contributed by atoms with Gasteiger partial charge in [0.05, 0.1) is 16.9 Å². The van der Waals surface area contributed by atoms with E-state index in [1.165, 1.54) is 23.0 Å². The molecule has 0 saturated heterocycles. The van der Waals surface area contributed by atoms with Gasteiger partial charge in [-0.1, -0.05) is 44.5 Å². The van der Waals surface area contributed by atoms with E-state index in [9.17, 15) is 22.9 Å².